The number of hydrogen-bond acceptors (Lipinski definition) is 6. The van der Waals surface area contributed by atoms with Gasteiger partial charge >= 0.3 is 5.97 Å². The zero-order valence-electron chi connectivity index (χ0n) is 17.0. The van der Waals surface area contributed by atoms with Gasteiger partial charge in [-0.3, -0.25) is 14.9 Å². The molecule has 29 heavy (non-hydrogen) atoms. The van der Waals surface area contributed by atoms with E-state index in [2.05, 4.69) is 19.2 Å². The lowest BCUT2D eigenvalue weighted by molar-refractivity contribution is -0.384. The highest BCUT2D eigenvalue weighted by Crippen LogP contribution is 2.28. The molecule has 0 saturated heterocycles. The summed E-state index contributed by atoms with van der Waals surface area (Å²) in [5.41, 5.74) is 1.84. The summed E-state index contributed by atoms with van der Waals surface area (Å²) >= 11 is 0. The van der Waals surface area contributed by atoms with Crippen LogP contribution in [0.15, 0.2) is 42.5 Å². The van der Waals surface area contributed by atoms with Crippen molar-refractivity contribution in [3.05, 3.63) is 63.7 Å². The molecule has 0 unspecified atom stereocenters. The molecule has 0 spiro atoms. The molecule has 1 amide bonds. The highest BCUT2D eigenvalue weighted by Gasteiger charge is 2.20. The van der Waals surface area contributed by atoms with Gasteiger partial charge in [-0.2, -0.15) is 0 Å². The van der Waals surface area contributed by atoms with E-state index in [0.29, 0.717) is 11.4 Å². The van der Waals surface area contributed by atoms with Gasteiger partial charge in [-0.1, -0.05) is 32.0 Å². The summed E-state index contributed by atoms with van der Waals surface area (Å²) in [5.74, 6) is -1.01. The van der Waals surface area contributed by atoms with Gasteiger partial charge in [-0.05, 0) is 36.1 Å². The van der Waals surface area contributed by atoms with Gasteiger partial charge in [0.2, 0.25) is 0 Å². The molecular weight excluding hydrogens is 374 g/mol. The maximum atomic E-state index is 12.2. The van der Waals surface area contributed by atoms with Gasteiger partial charge in [0, 0.05) is 25.8 Å². The summed E-state index contributed by atoms with van der Waals surface area (Å²) in [5, 5.41) is 14.0. The minimum atomic E-state index is -0.802. The lowest BCUT2D eigenvalue weighted by Crippen LogP contribution is -2.22. The molecule has 0 saturated carbocycles. The van der Waals surface area contributed by atoms with Crippen molar-refractivity contribution in [2.45, 2.75) is 26.2 Å². The number of carbonyl (C=O) groups excluding carboxylic acids is 2. The van der Waals surface area contributed by atoms with Gasteiger partial charge in [-0.15, -0.1) is 0 Å². The molecule has 0 fully saturated rings. The number of nitro groups is 1. The van der Waals surface area contributed by atoms with E-state index < -0.39 is 23.4 Å². The molecule has 1 atom stereocenters. The Morgan fingerprint density at radius 2 is 1.90 bits per heavy atom. The molecule has 154 valence electrons. The second-order valence-corrected chi connectivity index (χ2v) is 6.88. The number of rotatable bonds is 8. The number of nitrogens with zero attached hydrogens (tertiary/aromatic N) is 2. The van der Waals surface area contributed by atoms with Crippen LogP contribution in [0.2, 0.25) is 0 Å². The molecule has 0 aliphatic heterocycles. The Balaban J connectivity index is 2.05. The third-order valence-corrected chi connectivity index (χ3v) is 4.60. The summed E-state index contributed by atoms with van der Waals surface area (Å²) in [6, 6.07) is 11.5. The minimum absolute atomic E-state index is 0.00936. The number of para-hydroxylation sites is 1. The largest absolute Gasteiger partial charge is 0.452 e. The van der Waals surface area contributed by atoms with Crippen molar-refractivity contribution >= 4 is 28.9 Å². The van der Waals surface area contributed by atoms with Crippen LogP contribution >= 0.6 is 0 Å². The Hall–Kier alpha value is -3.42. The van der Waals surface area contributed by atoms with Crippen LogP contribution < -0.4 is 10.2 Å². The fourth-order valence-electron chi connectivity index (χ4n) is 2.84. The smallest absolute Gasteiger partial charge is 0.338 e. The van der Waals surface area contributed by atoms with Gasteiger partial charge in [-0.25, -0.2) is 4.79 Å². The molecule has 2 aromatic rings. The Bertz CT molecular complexity index is 911. The van der Waals surface area contributed by atoms with Crippen molar-refractivity contribution in [2.24, 2.45) is 0 Å². The number of carbonyl (C=O) groups is 2. The Morgan fingerprint density at radius 3 is 2.52 bits per heavy atom. The summed E-state index contributed by atoms with van der Waals surface area (Å²) in [7, 11) is 3.34. The summed E-state index contributed by atoms with van der Waals surface area (Å²) < 4.78 is 5.04. The van der Waals surface area contributed by atoms with Crippen molar-refractivity contribution in [1.82, 2.24) is 0 Å². The zero-order chi connectivity index (χ0) is 21.6. The van der Waals surface area contributed by atoms with Crippen molar-refractivity contribution in [3.63, 3.8) is 0 Å². The van der Waals surface area contributed by atoms with E-state index in [0.717, 1.165) is 18.1 Å². The van der Waals surface area contributed by atoms with E-state index in [1.165, 1.54) is 12.1 Å². The molecule has 0 radical (unpaired) electrons. The molecule has 0 aromatic heterocycles. The number of ether oxygens (including phenoxy) is 1. The third kappa shape index (κ3) is 5.54. The lowest BCUT2D eigenvalue weighted by Gasteiger charge is -2.15. The highest BCUT2D eigenvalue weighted by molar-refractivity contribution is 5.96. The average Bonchev–Trinajstić information content (AvgIpc) is 2.71. The van der Waals surface area contributed by atoms with E-state index in [1.54, 1.807) is 25.1 Å². The number of amides is 1. The average molecular weight is 399 g/mol. The van der Waals surface area contributed by atoms with Crippen LogP contribution in [-0.2, 0) is 9.53 Å². The number of hydrogen-bond donors (Lipinski definition) is 1. The van der Waals surface area contributed by atoms with Crippen LogP contribution in [0.1, 0.15) is 42.1 Å². The van der Waals surface area contributed by atoms with Gasteiger partial charge in [0.15, 0.2) is 6.61 Å². The SMILES string of the molecule is CC[C@H](C)c1ccccc1NC(=O)COC(=O)c1ccc(N(C)C)c([N+](=O)[O-])c1. The van der Waals surface area contributed by atoms with Gasteiger partial charge in [0.25, 0.3) is 11.6 Å². The first kappa shape index (κ1) is 21.9. The normalized spacial score (nSPS) is 11.4. The first-order valence-electron chi connectivity index (χ1n) is 9.26. The van der Waals surface area contributed by atoms with Crippen molar-refractivity contribution < 1.29 is 19.2 Å². The highest BCUT2D eigenvalue weighted by atomic mass is 16.6. The fraction of sp³-hybridized carbons (Fsp3) is 0.333. The van der Waals surface area contributed by atoms with E-state index in [9.17, 15) is 19.7 Å². The van der Waals surface area contributed by atoms with E-state index in [1.807, 2.05) is 18.2 Å². The van der Waals surface area contributed by atoms with Crippen LogP contribution in [0.3, 0.4) is 0 Å². The Labute approximate surface area is 169 Å². The second kappa shape index (κ2) is 9.68. The van der Waals surface area contributed by atoms with Crippen molar-refractivity contribution in [3.8, 4) is 0 Å². The lowest BCUT2D eigenvalue weighted by atomic mass is 9.97. The molecule has 0 heterocycles. The first-order chi connectivity index (χ1) is 13.7. The standard InChI is InChI=1S/C21H25N3O5/c1-5-14(2)16-8-6-7-9-17(16)22-20(25)13-29-21(26)15-10-11-18(23(3)4)19(12-15)24(27)28/h6-12,14H,5,13H2,1-4H3,(H,22,25)/t14-/m0/s1. The number of esters is 1. The Morgan fingerprint density at radius 1 is 1.21 bits per heavy atom. The summed E-state index contributed by atoms with van der Waals surface area (Å²) in [4.78, 5) is 36.7. The first-order valence-corrected chi connectivity index (χ1v) is 9.26. The minimum Gasteiger partial charge on any atom is -0.452 e. The van der Waals surface area contributed by atoms with Gasteiger partial charge in [0.1, 0.15) is 5.69 Å². The molecule has 1 N–H and O–H groups in total. The third-order valence-electron chi connectivity index (χ3n) is 4.60. The predicted octanol–water partition coefficient (Wildman–Crippen LogP) is 3.97. The zero-order valence-corrected chi connectivity index (χ0v) is 17.0. The maximum absolute atomic E-state index is 12.2. The van der Waals surface area contributed by atoms with E-state index >= 15 is 0 Å². The van der Waals surface area contributed by atoms with Crippen molar-refractivity contribution in [1.29, 1.82) is 0 Å². The molecule has 0 aliphatic rings. The second-order valence-electron chi connectivity index (χ2n) is 6.88. The molecular formula is C21H25N3O5. The van der Waals surface area contributed by atoms with Crippen LogP contribution in [0.5, 0.6) is 0 Å². The molecule has 0 bridgehead atoms. The quantitative estimate of drug-likeness (QED) is 0.409. The number of anilines is 2. The Kier molecular flexibility index (Phi) is 7.30. The van der Waals surface area contributed by atoms with Gasteiger partial charge in [0.05, 0.1) is 10.5 Å². The number of nitrogens with one attached hydrogen (secondary N) is 1. The molecule has 0 aliphatic carbocycles. The van der Waals surface area contributed by atoms with Crippen molar-refractivity contribution in [2.75, 3.05) is 30.9 Å². The number of nitro benzene ring substituents is 1. The monoisotopic (exact) mass is 399 g/mol. The molecule has 8 nitrogen and oxygen atoms in total. The van der Waals surface area contributed by atoms with Crippen LogP contribution in [0.25, 0.3) is 0 Å². The summed E-state index contributed by atoms with van der Waals surface area (Å²) in [6.07, 6.45) is 0.920. The topological polar surface area (TPSA) is 102 Å². The molecule has 2 rings (SSSR count). The van der Waals surface area contributed by atoms with E-state index in [-0.39, 0.29) is 17.2 Å². The summed E-state index contributed by atoms with van der Waals surface area (Å²) in [6.45, 7) is 3.64. The van der Waals surface area contributed by atoms with Crippen LogP contribution in [0.4, 0.5) is 17.1 Å². The van der Waals surface area contributed by atoms with Gasteiger partial charge < -0.3 is 15.0 Å². The molecule has 8 heteroatoms. The maximum Gasteiger partial charge on any atom is 0.338 e. The van der Waals surface area contributed by atoms with Crippen LogP contribution in [-0.4, -0.2) is 37.5 Å². The molecule has 2 aromatic carbocycles. The predicted molar refractivity (Wildman–Crippen MR) is 111 cm³/mol. The number of benzene rings is 2. The fourth-order valence-corrected chi connectivity index (χ4v) is 2.84. The van der Waals surface area contributed by atoms with E-state index in [4.69, 9.17) is 4.74 Å². The van der Waals surface area contributed by atoms with Crippen LogP contribution in [0, 0.1) is 10.1 Å².